The Bertz CT molecular complexity index is 418. The van der Waals surface area contributed by atoms with E-state index in [9.17, 15) is 4.79 Å². The van der Waals surface area contributed by atoms with Crippen LogP contribution in [0.3, 0.4) is 0 Å². The highest BCUT2D eigenvalue weighted by atomic mass is 16.2. The second-order valence-electron chi connectivity index (χ2n) is 4.26. The zero-order valence-corrected chi connectivity index (χ0v) is 9.88. The van der Waals surface area contributed by atoms with Crippen LogP contribution in [-0.4, -0.2) is 17.4 Å². The van der Waals surface area contributed by atoms with Gasteiger partial charge in [0.25, 0.3) is 0 Å². The molecular formula is C15H17NO. The highest BCUT2D eigenvalue weighted by Gasteiger charge is 2.32. The minimum atomic E-state index is 0.206. The van der Waals surface area contributed by atoms with Gasteiger partial charge in [-0.2, -0.15) is 0 Å². The van der Waals surface area contributed by atoms with E-state index in [0.717, 1.165) is 18.4 Å². The van der Waals surface area contributed by atoms with Crippen molar-refractivity contribution in [2.45, 2.75) is 12.8 Å². The van der Waals surface area contributed by atoms with Crippen molar-refractivity contribution in [2.24, 2.45) is 5.92 Å². The van der Waals surface area contributed by atoms with Crippen LogP contribution in [0.1, 0.15) is 18.4 Å². The molecule has 2 heteroatoms. The maximum Gasteiger partial charge on any atom is 0.229 e. The van der Waals surface area contributed by atoms with Crippen LogP contribution in [0, 0.1) is 5.92 Å². The molecule has 1 saturated carbocycles. The van der Waals surface area contributed by atoms with E-state index in [1.165, 1.54) is 0 Å². The molecule has 2 nitrogen and oxygen atoms in total. The van der Waals surface area contributed by atoms with Crippen molar-refractivity contribution in [3.05, 3.63) is 54.8 Å². The number of carbonyl (C=O) groups excluding carboxylic acids is 1. The number of hydrogen-bond acceptors (Lipinski definition) is 1. The van der Waals surface area contributed by atoms with E-state index in [4.69, 9.17) is 0 Å². The van der Waals surface area contributed by atoms with Crippen molar-refractivity contribution < 1.29 is 4.79 Å². The topological polar surface area (TPSA) is 20.3 Å². The molecule has 88 valence electrons. The molecular weight excluding hydrogens is 210 g/mol. The van der Waals surface area contributed by atoms with Gasteiger partial charge >= 0.3 is 0 Å². The van der Waals surface area contributed by atoms with Crippen molar-refractivity contribution in [3.8, 4) is 0 Å². The molecule has 1 aliphatic carbocycles. The zero-order chi connectivity index (χ0) is 12.1. The lowest BCUT2D eigenvalue weighted by Crippen LogP contribution is -2.26. The molecule has 0 aliphatic heterocycles. The fourth-order valence-electron chi connectivity index (χ4n) is 1.69. The van der Waals surface area contributed by atoms with Gasteiger partial charge in [0.2, 0.25) is 5.91 Å². The van der Waals surface area contributed by atoms with Crippen LogP contribution >= 0.6 is 0 Å². The van der Waals surface area contributed by atoms with Gasteiger partial charge in [-0.25, -0.2) is 0 Å². The summed E-state index contributed by atoms with van der Waals surface area (Å²) in [7, 11) is 0. The molecule has 0 aromatic heterocycles. The number of carbonyl (C=O) groups is 1. The van der Waals surface area contributed by atoms with Crippen LogP contribution in [0.15, 0.2) is 49.2 Å². The molecule has 1 aromatic rings. The van der Waals surface area contributed by atoms with E-state index in [-0.39, 0.29) is 11.8 Å². The van der Waals surface area contributed by atoms with E-state index in [2.05, 4.69) is 6.58 Å². The van der Waals surface area contributed by atoms with Gasteiger partial charge in [-0.15, -0.1) is 0 Å². The highest BCUT2D eigenvalue weighted by Crippen LogP contribution is 2.31. The third kappa shape index (κ3) is 3.31. The van der Waals surface area contributed by atoms with Gasteiger partial charge < -0.3 is 4.90 Å². The van der Waals surface area contributed by atoms with Crippen LogP contribution in [0.2, 0.25) is 0 Å². The van der Waals surface area contributed by atoms with Crippen LogP contribution in [0.4, 0.5) is 0 Å². The zero-order valence-electron chi connectivity index (χ0n) is 9.88. The largest absolute Gasteiger partial charge is 0.316 e. The van der Waals surface area contributed by atoms with Crippen molar-refractivity contribution in [1.82, 2.24) is 4.90 Å². The fourth-order valence-corrected chi connectivity index (χ4v) is 1.69. The number of amides is 1. The highest BCUT2D eigenvalue weighted by molar-refractivity contribution is 5.82. The summed E-state index contributed by atoms with van der Waals surface area (Å²) in [4.78, 5) is 13.5. The molecule has 17 heavy (non-hydrogen) atoms. The Labute approximate surface area is 102 Å². The second-order valence-corrected chi connectivity index (χ2v) is 4.26. The Kier molecular flexibility index (Phi) is 3.76. The van der Waals surface area contributed by atoms with Gasteiger partial charge in [0.15, 0.2) is 0 Å². The van der Waals surface area contributed by atoms with Crippen LogP contribution in [0.25, 0.3) is 6.08 Å². The monoisotopic (exact) mass is 227 g/mol. The summed E-state index contributed by atoms with van der Waals surface area (Å²) >= 11 is 0. The number of benzene rings is 1. The molecule has 0 bridgehead atoms. The van der Waals surface area contributed by atoms with Crippen molar-refractivity contribution in [1.29, 1.82) is 0 Å². The van der Waals surface area contributed by atoms with E-state index in [1.54, 1.807) is 11.1 Å². The summed E-state index contributed by atoms with van der Waals surface area (Å²) in [5.41, 5.74) is 1.15. The lowest BCUT2D eigenvalue weighted by Gasteiger charge is -2.15. The van der Waals surface area contributed by atoms with Gasteiger partial charge in [0.1, 0.15) is 0 Å². The molecule has 1 aliphatic rings. The Morgan fingerprint density at radius 1 is 1.35 bits per heavy atom. The molecule has 0 heterocycles. The minimum Gasteiger partial charge on any atom is -0.316 e. The predicted octanol–water partition coefficient (Wildman–Crippen LogP) is 3.08. The normalized spacial score (nSPS) is 14.8. The van der Waals surface area contributed by atoms with Gasteiger partial charge in [-0.05, 0) is 24.6 Å². The van der Waals surface area contributed by atoms with Gasteiger partial charge in [-0.1, -0.05) is 49.1 Å². The molecule has 0 N–H and O–H groups in total. The Morgan fingerprint density at radius 2 is 2.06 bits per heavy atom. The van der Waals surface area contributed by atoms with Crippen molar-refractivity contribution in [2.75, 3.05) is 6.54 Å². The molecule has 0 atom stereocenters. The molecule has 2 rings (SSSR count). The molecule has 1 fully saturated rings. The average molecular weight is 227 g/mol. The molecule has 0 saturated heterocycles. The van der Waals surface area contributed by atoms with Gasteiger partial charge in [-0.3, -0.25) is 4.79 Å². The quantitative estimate of drug-likeness (QED) is 0.757. The third-order valence-corrected chi connectivity index (χ3v) is 2.84. The summed E-state index contributed by atoms with van der Waals surface area (Å²) in [6.45, 7) is 4.29. The lowest BCUT2D eigenvalue weighted by atomic mass is 10.2. The first-order valence-corrected chi connectivity index (χ1v) is 5.96. The number of nitrogens with zero attached hydrogens (tertiary/aromatic N) is 1. The SMILES string of the molecule is C=CN(C/C=C/c1ccccc1)C(=O)C1CC1. The van der Waals surface area contributed by atoms with E-state index in [1.807, 2.05) is 42.5 Å². The number of rotatable bonds is 5. The molecule has 0 unspecified atom stereocenters. The Hall–Kier alpha value is -1.83. The van der Waals surface area contributed by atoms with Gasteiger partial charge in [0.05, 0.1) is 0 Å². The predicted molar refractivity (Wildman–Crippen MR) is 70.1 cm³/mol. The lowest BCUT2D eigenvalue weighted by molar-refractivity contribution is -0.129. The summed E-state index contributed by atoms with van der Waals surface area (Å²) in [6.07, 6.45) is 7.71. The summed E-state index contributed by atoms with van der Waals surface area (Å²) < 4.78 is 0. The molecule has 1 aromatic carbocycles. The maximum atomic E-state index is 11.8. The number of hydrogen-bond donors (Lipinski definition) is 0. The maximum absolute atomic E-state index is 11.8. The molecule has 0 radical (unpaired) electrons. The smallest absolute Gasteiger partial charge is 0.229 e. The van der Waals surface area contributed by atoms with Crippen molar-refractivity contribution in [3.63, 3.8) is 0 Å². The first-order chi connectivity index (χ1) is 8.31. The van der Waals surface area contributed by atoms with Crippen LogP contribution in [-0.2, 0) is 4.79 Å². The van der Waals surface area contributed by atoms with E-state index < -0.39 is 0 Å². The standard InChI is InChI=1S/C15H17NO/c1-2-16(15(17)14-10-11-14)12-6-9-13-7-4-3-5-8-13/h2-9,14H,1,10-12H2/b9-6+. The molecule has 1 amide bonds. The Balaban J connectivity index is 1.89. The second kappa shape index (κ2) is 5.48. The minimum absolute atomic E-state index is 0.206. The fraction of sp³-hybridized carbons (Fsp3) is 0.267. The van der Waals surface area contributed by atoms with Crippen LogP contribution < -0.4 is 0 Å². The Morgan fingerprint density at radius 3 is 2.65 bits per heavy atom. The first-order valence-electron chi connectivity index (χ1n) is 5.96. The third-order valence-electron chi connectivity index (χ3n) is 2.84. The summed E-state index contributed by atoms with van der Waals surface area (Å²) in [5, 5.41) is 0. The first kappa shape index (κ1) is 11.6. The van der Waals surface area contributed by atoms with Gasteiger partial charge in [0, 0.05) is 12.5 Å². The van der Waals surface area contributed by atoms with E-state index >= 15 is 0 Å². The average Bonchev–Trinajstić information content (AvgIpc) is 3.19. The summed E-state index contributed by atoms with van der Waals surface area (Å²) in [5.74, 6) is 0.454. The van der Waals surface area contributed by atoms with E-state index in [0.29, 0.717) is 6.54 Å². The molecule has 0 spiro atoms. The van der Waals surface area contributed by atoms with Crippen molar-refractivity contribution >= 4 is 12.0 Å². The summed E-state index contributed by atoms with van der Waals surface area (Å²) in [6, 6.07) is 10.1. The van der Waals surface area contributed by atoms with Crippen LogP contribution in [0.5, 0.6) is 0 Å².